The van der Waals surface area contributed by atoms with Crippen LogP contribution in [0.15, 0.2) is 48.5 Å². The summed E-state index contributed by atoms with van der Waals surface area (Å²) in [6.07, 6.45) is 1.04. The molecule has 1 atom stereocenters. The number of rotatable bonds is 5. The fraction of sp³-hybridized carbons (Fsp3) is 0.278. The molecule has 0 amide bonds. The Morgan fingerprint density at radius 3 is 2.87 bits per heavy atom. The van der Waals surface area contributed by atoms with E-state index in [2.05, 4.69) is 4.90 Å². The minimum atomic E-state index is -0.895. The molecule has 1 saturated heterocycles. The number of ether oxygens (including phenoxy) is 1. The summed E-state index contributed by atoms with van der Waals surface area (Å²) in [6, 6.07) is 14.6. The quantitative estimate of drug-likeness (QED) is 0.907. The molecule has 3 rings (SSSR count). The van der Waals surface area contributed by atoms with Crippen molar-refractivity contribution in [1.82, 2.24) is 4.90 Å². The van der Waals surface area contributed by atoms with Crippen molar-refractivity contribution >= 4 is 17.6 Å². The molecule has 0 bridgehead atoms. The maximum Gasteiger partial charge on any atom is 0.335 e. The van der Waals surface area contributed by atoms with Crippen LogP contribution in [-0.2, 0) is 6.54 Å². The van der Waals surface area contributed by atoms with Gasteiger partial charge in [-0.3, -0.25) is 4.90 Å². The Bertz CT molecular complexity index is 704. The lowest BCUT2D eigenvalue weighted by molar-refractivity contribution is 0.0696. The molecule has 4 nitrogen and oxygen atoms in total. The molecule has 1 heterocycles. The molecular formula is C18H18ClNO3. The summed E-state index contributed by atoms with van der Waals surface area (Å²) in [6.45, 7) is 2.46. The van der Waals surface area contributed by atoms with Gasteiger partial charge in [0.2, 0.25) is 0 Å². The van der Waals surface area contributed by atoms with Crippen molar-refractivity contribution in [2.24, 2.45) is 0 Å². The SMILES string of the molecule is O=C(O)c1cccc(CN2CCC(Oc3ccccc3Cl)C2)c1. The van der Waals surface area contributed by atoms with Crippen LogP contribution < -0.4 is 4.74 Å². The van der Waals surface area contributed by atoms with E-state index in [1.807, 2.05) is 30.3 Å². The molecule has 120 valence electrons. The van der Waals surface area contributed by atoms with E-state index in [4.69, 9.17) is 21.4 Å². The van der Waals surface area contributed by atoms with Gasteiger partial charge in [-0.1, -0.05) is 35.9 Å². The minimum absolute atomic E-state index is 0.109. The molecule has 0 aromatic heterocycles. The van der Waals surface area contributed by atoms with Crippen molar-refractivity contribution in [3.63, 3.8) is 0 Å². The second-order valence-electron chi connectivity index (χ2n) is 5.70. The number of carbonyl (C=O) groups is 1. The summed E-state index contributed by atoms with van der Waals surface area (Å²) < 4.78 is 5.97. The van der Waals surface area contributed by atoms with E-state index >= 15 is 0 Å². The van der Waals surface area contributed by atoms with Crippen LogP contribution in [-0.4, -0.2) is 35.2 Å². The molecule has 5 heteroatoms. The highest BCUT2D eigenvalue weighted by molar-refractivity contribution is 6.32. The van der Waals surface area contributed by atoms with Gasteiger partial charge in [-0.05, 0) is 36.2 Å². The molecule has 1 unspecified atom stereocenters. The van der Waals surface area contributed by atoms with Gasteiger partial charge in [-0.15, -0.1) is 0 Å². The van der Waals surface area contributed by atoms with E-state index in [0.717, 1.165) is 31.6 Å². The predicted octanol–water partition coefficient (Wildman–Crippen LogP) is 3.69. The molecule has 23 heavy (non-hydrogen) atoms. The van der Waals surface area contributed by atoms with Crippen LogP contribution in [0.1, 0.15) is 22.3 Å². The fourth-order valence-electron chi connectivity index (χ4n) is 2.82. The lowest BCUT2D eigenvalue weighted by Crippen LogP contribution is -2.24. The second kappa shape index (κ2) is 7.02. The highest BCUT2D eigenvalue weighted by atomic mass is 35.5. The Morgan fingerprint density at radius 1 is 1.26 bits per heavy atom. The van der Waals surface area contributed by atoms with Crippen LogP contribution in [0.4, 0.5) is 0 Å². The van der Waals surface area contributed by atoms with Crippen molar-refractivity contribution in [3.05, 3.63) is 64.7 Å². The maximum absolute atomic E-state index is 11.0. The molecule has 2 aromatic rings. The number of aromatic carboxylic acids is 1. The Kier molecular flexibility index (Phi) is 4.84. The molecule has 0 aliphatic carbocycles. The van der Waals surface area contributed by atoms with Crippen molar-refractivity contribution < 1.29 is 14.6 Å². The number of halogens is 1. The summed E-state index contributed by atoms with van der Waals surface area (Å²) in [5, 5.41) is 9.68. The van der Waals surface area contributed by atoms with Gasteiger partial charge in [-0.25, -0.2) is 4.79 Å². The van der Waals surface area contributed by atoms with Gasteiger partial charge < -0.3 is 9.84 Å². The Hall–Kier alpha value is -2.04. The molecule has 2 aromatic carbocycles. The van der Waals surface area contributed by atoms with Crippen molar-refractivity contribution in [2.45, 2.75) is 19.1 Å². The third-order valence-electron chi connectivity index (χ3n) is 3.94. The lowest BCUT2D eigenvalue weighted by atomic mass is 10.1. The van der Waals surface area contributed by atoms with Crippen molar-refractivity contribution in [1.29, 1.82) is 0 Å². The van der Waals surface area contributed by atoms with Crippen LogP contribution >= 0.6 is 11.6 Å². The standard InChI is InChI=1S/C18H18ClNO3/c19-16-6-1-2-7-17(16)23-15-8-9-20(12-15)11-13-4-3-5-14(10-13)18(21)22/h1-7,10,15H,8-9,11-12H2,(H,21,22). The summed E-state index contributed by atoms with van der Waals surface area (Å²) >= 11 is 6.12. The van der Waals surface area contributed by atoms with Crippen LogP contribution in [0.2, 0.25) is 5.02 Å². The van der Waals surface area contributed by atoms with Crippen molar-refractivity contribution in [3.8, 4) is 5.75 Å². The average molecular weight is 332 g/mol. The number of para-hydroxylation sites is 1. The largest absolute Gasteiger partial charge is 0.487 e. The number of hydrogen-bond donors (Lipinski definition) is 1. The van der Waals surface area contributed by atoms with E-state index in [-0.39, 0.29) is 6.10 Å². The fourth-order valence-corrected chi connectivity index (χ4v) is 3.00. The van der Waals surface area contributed by atoms with E-state index < -0.39 is 5.97 Å². The smallest absolute Gasteiger partial charge is 0.335 e. The van der Waals surface area contributed by atoms with Crippen LogP contribution in [0.25, 0.3) is 0 Å². The third-order valence-corrected chi connectivity index (χ3v) is 4.25. The number of carboxylic acids is 1. The molecule has 0 radical (unpaired) electrons. The molecule has 0 spiro atoms. The third kappa shape index (κ3) is 4.03. The number of benzene rings is 2. The zero-order chi connectivity index (χ0) is 16.2. The summed E-state index contributed by atoms with van der Waals surface area (Å²) in [7, 11) is 0. The first-order chi connectivity index (χ1) is 11.1. The predicted molar refractivity (Wildman–Crippen MR) is 89.2 cm³/mol. The first-order valence-corrected chi connectivity index (χ1v) is 7.95. The van der Waals surface area contributed by atoms with Gasteiger partial charge in [-0.2, -0.15) is 0 Å². The van der Waals surface area contributed by atoms with Gasteiger partial charge in [0.05, 0.1) is 10.6 Å². The second-order valence-corrected chi connectivity index (χ2v) is 6.11. The lowest BCUT2D eigenvalue weighted by Gasteiger charge is -2.17. The average Bonchev–Trinajstić information content (AvgIpc) is 2.97. The maximum atomic E-state index is 11.0. The van der Waals surface area contributed by atoms with E-state index in [0.29, 0.717) is 16.3 Å². The topological polar surface area (TPSA) is 49.8 Å². The Balaban J connectivity index is 1.59. The van der Waals surface area contributed by atoms with Crippen molar-refractivity contribution in [2.75, 3.05) is 13.1 Å². The van der Waals surface area contributed by atoms with E-state index in [1.54, 1.807) is 18.2 Å². The molecule has 1 N–H and O–H groups in total. The molecule has 1 aliphatic rings. The number of hydrogen-bond acceptors (Lipinski definition) is 3. The monoisotopic (exact) mass is 331 g/mol. The summed E-state index contributed by atoms with van der Waals surface area (Å²) in [4.78, 5) is 13.3. The normalized spacial score (nSPS) is 18.0. The highest BCUT2D eigenvalue weighted by Gasteiger charge is 2.24. The highest BCUT2D eigenvalue weighted by Crippen LogP contribution is 2.27. The molecule has 0 saturated carbocycles. The zero-order valence-electron chi connectivity index (χ0n) is 12.6. The first-order valence-electron chi connectivity index (χ1n) is 7.57. The summed E-state index contributed by atoms with van der Waals surface area (Å²) in [5.74, 6) is -0.179. The number of carboxylic acid groups (broad SMARTS) is 1. The molecular weight excluding hydrogens is 314 g/mol. The molecule has 1 aliphatic heterocycles. The van der Waals surface area contributed by atoms with E-state index in [9.17, 15) is 4.79 Å². The van der Waals surface area contributed by atoms with Gasteiger partial charge in [0.1, 0.15) is 11.9 Å². The van der Waals surface area contributed by atoms with Crippen LogP contribution in [0.5, 0.6) is 5.75 Å². The van der Waals surface area contributed by atoms with Crippen LogP contribution in [0, 0.1) is 0 Å². The summed E-state index contributed by atoms with van der Waals surface area (Å²) in [5.41, 5.74) is 1.33. The van der Waals surface area contributed by atoms with E-state index in [1.165, 1.54) is 0 Å². The van der Waals surface area contributed by atoms with Crippen LogP contribution in [0.3, 0.4) is 0 Å². The Labute approximate surface area is 140 Å². The number of nitrogens with zero attached hydrogens (tertiary/aromatic N) is 1. The first kappa shape index (κ1) is 15.8. The van der Waals surface area contributed by atoms with Gasteiger partial charge in [0, 0.05) is 19.6 Å². The minimum Gasteiger partial charge on any atom is -0.487 e. The number of likely N-dealkylation sites (tertiary alicyclic amines) is 1. The van der Waals surface area contributed by atoms with Gasteiger partial charge >= 0.3 is 5.97 Å². The zero-order valence-corrected chi connectivity index (χ0v) is 13.4. The van der Waals surface area contributed by atoms with Gasteiger partial charge in [0.15, 0.2) is 0 Å². The van der Waals surface area contributed by atoms with Gasteiger partial charge in [0.25, 0.3) is 0 Å². The Morgan fingerprint density at radius 2 is 2.09 bits per heavy atom. The molecule has 1 fully saturated rings.